The SMILES string of the molecule is CCC[Si](C)(C)c1ccc(COC)cc1.O=C=O. The highest BCUT2D eigenvalue weighted by molar-refractivity contribution is 6.89. The predicted molar refractivity (Wildman–Crippen MR) is 74.4 cm³/mol. The highest BCUT2D eigenvalue weighted by Crippen LogP contribution is 2.12. The van der Waals surface area contributed by atoms with E-state index in [-0.39, 0.29) is 6.15 Å². The van der Waals surface area contributed by atoms with Gasteiger partial charge in [-0.1, -0.05) is 61.9 Å². The van der Waals surface area contributed by atoms with Crippen molar-refractivity contribution in [1.29, 1.82) is 0 Å². The average Bonchev–Trinajstić information content (AvgIpc) is 2.31. The fourth-order valence-corrected chi connectivity index (χ4v) is 4.60. The molecule has 1 rings (SSSR count). The van der Waals surface area contributed by atoms with E-state index >= 15 is 0 Å². The number of hydrogen-bond donors (Lipinski definition) is 0. The van der Waals surface area contributed by atoms with E-state index in [4.69, 9.17) is 14.3 Å². The molecule has 0 saturated heterocycles. The molecule has 0 N–H and O–H groups in total. The van der Waals surface area contributed by atoms with Crippen LogP contribution in [0.25, 0.3) is 0 Å². The minimum absolute atomic E-state index is 0.250. The summed E-state index contributed by atoms with van der Waals surface area (Å²) in [7, 11) is 0.574. The van der Waals surface area contributed by atoms with Gasteiger partial charge in [-0.2, -0.15) is 9.59 Å². The van der Waals surface area contributed by atoms with Crippen molar-refractivity contribution in [1.82, 2.24) is 0 Å². The molecule has 0 unspecified atom stereocenters. The van der Waals surface area contributed by atoms with Crippen LogP contribution in [0.5, 0.6) is 0 Å². The molecule has 0 radical (unpaired) electrons. The average molecular weight is 266 g/mol. The van der Waals surface area contributed by atoms with Crippen molar-refractivity contribution < 1.29 is 14.3 Å². The molecule has 0 bridgehead atoms. The zero-order valence-corrected chi connectivity index (χ0v) is 12.7. The van der Waals surface area contributed by atoms with Crippen molar-refractivity contribution in [2.75, 3.05) is 7.11 Å². The van der Waals surface area contributed by atoms with Gasteiger partial charge in [0.15, 0.2) is 0 Å². The molecule has 1 aromatic carbocycles. The van der Waals surface area contributed by atoms with Crippen LogP contribution in [0.15, 0.2) is 24.3 Å². The third-order valence-electron chi connectivity index (χ3n) is 2.92. The number of carbonyl (C=O) groups excluding carboxylic acids is 2. The van der Waals surface area contributed by atoms with E-state index in [0.29, 0.717) is 0 Å². The summed E-state index contributed by atoms with van der Waals surface area (Å²) in [4.78, 5) is 16.2. The monoisotopic (exact) mass is 266 g/mol. The molecule has 0 aromatic heterocycles. The first kappa shape index (κ1) is 16.8. The summed E-state index contributed by atoms with van der Waals surface area (Å²) in [6, 6.07) is 10.3. The van der Waals surface area contributed by atoms with Gasteiger partial charge in [0.25, 0.3) is 0 Å². The Kier molecular flexibility index (Phi) is 8.21. The van der Waals surface area contributed by atoms with Crippen LogP contribution in [-0.2, 0) is 20.9 Å². The van der Waals surface area contributed by atoms with Crippen molar-refractivity contribution in [3.05, 3.63) is 29.8 Å². The molecule has 0 aliphatic carbocycles. The molecule has 0 heterocycles. The second-order valence-corrected chi connectivity index (χ2v) is 9.69. The van der Waals surface area contributed by atoms with Crippen LogP contribution in [0.1, 0.15) is 18.9 Å². The third-order valence-corrected chi connectivity index (χ3v) is 6.57. The molecule has 0 aliphatic heterocycles. The zero-order chi connectivity index (χ0) is 14.0. The summed E-state index contributed by atoms with van der Waals surface area (Å²) in [6.45, 7) is 7.88. The van der Waals surface area contributed by atoms with Gasteiger partial charge in [-0.3, -0.25) is 0 Å². The van der Waals surface area contributed by atoms with Crippen molar-refractivity contribution in [3.8, 4) is 0 Å². The first-order valence-corrected chi connectivity index (χ1v) is 9.30. The lowest BCUT2D eigenvalue weighted by molar-refractivity contribution is -0.191. The molecular weight excluding hydrogens is 244 g/mol. The van der Waals surface area contributed by atoms with Crippen LogP contribution in [0.3, 0.4) is 0 Å². The summed E-state index contributed by atoms with van der Waals surface area (Å²) in [5, 5.41) is 1.56. The van der Waals surface area contributed by atoms with Gasteiger partial charge in [-0.05, 0) is 5.56 Å². The van der Waals surface area contributed by atoms with Crippen molar-refractivity contribution in [3.63, 3.8) is 0 Å². The summed E-state index contributed by atoms with van der Waals surface area (Å²) in [6.07, 6.45) is 1.54. The highest BCUT2D eigenvalue weighted by Gasteiger charge is 2.21. The second kappa shape index (κ2) is 8.81. The van der Waals surface area contributed by atoms with Crippen LogP contribution in [0.2, 0.25) is 19.1 Å². The highest BCUT2D eigenvalue weighted by atomic mass is 28.3. The molecule has 0 atom stereocenters. The lowest BCUT2D eigenvalue weighted by atomic mass is 10.2. The molecule has 0 aliphatic rings. The molecule has 1 aromatic rings. The van der Waals surface area contributed by atoms with Gasteiger partial charge in [0.1, 0.15) is 0 Å². The third kappa shape index (κ3) is 5.91. The van der Waals surface area contributed by atoms with Crippen LogP contribution < -0.4 is 5.19 Å². The predicted octanol–water partition coefficient (Wildman–Crippen LogP) is 2.57. The smallest absolute Gasteiger partial charge is 0.373 e. The molecule has 3 nitrogen and oxygen atoms in total. The maximum atomic E-state index is 8.12. The molecule has 0 spiro atoms. The van der Waals surface area contributed by atoms with Gasteiger partial charge in [0, 0.05) is 7.11 Å². The Hall–Kier alpha value is -1.22. The molecule has 4 heteroatoms. The summed E-state index contributed by atoms with van der Waals surface area (Å²) in [5.41, 5.74) is 1.27. The van der Waals surface area contributed by atoms with Crippen LogP contribution >= 0.6 is 0 Å². The fourth-order valence-electron chi connectivity index (χ4n) is 1.99. The Morgan fingerprint density at radius 1 is 1.17 bits per heavy atom. The number of ether oxygens (including phenoxy) is 1. The van der Waals surface area contributed by atoms with E-state index in [1.54, 1.807) is 12.3 Å². The number of benzene rings is 1. The number of methoxy groups -OCH3 is 1. The summed E-state index contributed by atoms with van der Waals surface area (Å²) < 4.78 is 5.11. The van der Waals surface area contributed by atoms with E-state index in [0.717, 1.165) is 6.61 Å². The maximum absolute atomic E-state index is 8.12. The van der Waals surface area contributed by atoms with Gasteiger partial charge < -0.3 is 4.74 Å². The van der Waals surface area contributed by atoms with Gasteiger partial charge in [0.05, 0.1) is 14.7 Å². The van der Waals surface area contributed by atoms with E-state index in [9.17, 15) is 0 Å². The molecule has 0 saturated carbocycles. The Morgan fingerprint density at radius 2 is 1.67 bits per heavy atom. The van der Waals surface area contributed by atoms with Crippen LogP contribution in [0, 0.1) is 0 Å². The standard InChI is InChI=1S/C13H22OSi.CO2/c1-5-10-15(3,4)13-8-6-12(7-9-13)11-14-2;2-1-3/h6-9H,5,10-11H2,1-4H3;. The second-order valence-electron chi connectivity index (χ2n) is 4.85. The van der Waals surface area contributed by atoms with Gasteiger partial charge >= 0.3 is 6.15 Å². The van der Waals surface area contributed by atoms with E-state index < -0.39 is 8.07 Å². The van der Waals surface area contributed by atoms with Crippen molar-refractivity contribution >= 4 is 19.4 Å². The lowest BCUT2D eigenvalue weighted by Gasteiger charge is -2.22. The minimum Gasteiger partial charge on any atom is -0.380 e. The van der Waals surface area contributed by atoms with Crippen molar-refractivity contribution in [2.45, 2.75) is 39.1 Å². The van der Waals surface area contributed by atoms with E-state index in [2.05, 4.69) is 44.3 Å². The first-order chi connectivity index (χ1) is 8.51. The Labute approximate surface area is 110 Å². The molecule has 18 heavy (non-hydrogen) atoms. The fraction of sp³-hybridized carbons (Fsp3) is 0.500. The van der Waals surface area contributed by atoms with E-state index in [1.807, 2.05) is 0 Å². The number of hydrogen-bond acceptors (Lipinski definition) is 3. The van der Waals surface area contributed by atoms with Gasteiger partial charge in [0.2, 0.25) is 0 Å². The van der Waals surface area contributed by atoms with Gasteiger partial charge in [-0.25, -0.2) is 0 Å². The quantitative estimate of drug-likeness (QED) is 0.769. The van der Waals surface area contributed by atoms with Crippen LogP contribution in [0.4, 0.5) is 0 Å². The zero-order valence-electron chi connectivity index (χ0n) is 11.7. The Bertz CT molecular complexity index is 365. The first-order valence-electron chi connectivity index (χ1n) is 6.09. The van der Waals surface area contributed by atoms with Crippen molar-refractivity contribution in [2.24, 2.45) is 0 Å². The molecule has 100 valence electrons. The maximum Gasteiger partial charge on any atom is 0.373 e. The topological polar surface area (TPSA) is 43.4 Å². The number of rotatable bonds is 5. The Balaban J connectivity index is 0.000000873. The normalized spacial score (nSPS) is 10.2. The van der Waals surface area contributed by atoms with Crippen LogP contribution in [-0.4, -0.2) is 21.3 Å². The molecular formula is C14H22O3Si. The molecule has 0 fully saturated rings. The molecule has 0 amide bonds. The van der Waals surface area contributed by atoms with Gasteiger partial charge in [-0.15, -0.1) is 0 Å². The lowest BCUT2D eigenvalue weighted by Crippen LogP contribution is -2.40. The minimum atomic E-state index is -1.17. The Morgan fingerprint density at radius 3 is 2.06 bits per heavy atom. The largest absolute Gasteiger partial charge is 0.380 e. The summed E-state index contributed by atoms with van der Waals surface area (Å²) in [5.74, 6) is 0. The van der Waals surface area contributed by atoms with E-state index in [1.165, 1.54) is 18.0 Å². The summed E-state index contributed by atoms with van der Waals surface area (Å²) >= 11 is 0.